The zero-order chi connectivity index (χ0) is 15.4. The van der Waals surface area contributed by atoms with Gasteiger partial charge in [0, 0.05) is 6.07 Å². The molecule has 0 radical (unpaired) electrons. The minimum absolute atomic E-state index is 0.224. The van der Waals surface area contributed by atoms with Crippen LogP contribution >= 0.6 is 0 Å². The fourth-order valence-electron chi connectivity index (χ4n) is 1.70. The largest absolute Gasteiger partial charge is 0.495 e. The lowest BCUT2D eigenvalue weighted by Crippen LogP contribution is -2.12. The van der Waals surface area contributed by atoms with Crippen LogP contribution in [0.25, 0.3) is 0 Å². The Bertz CT molecular complexity index is 714. The first-order chi connectivity index (χ1) is 10.1. The van der Waals surface area contributed by atoms with Crippen LogP contribution in [0.2, 0.25) is 0 Å². The van der Waals surface area contributed by atoms with E-state index in [0.29, 0.717) is 11.8 Å². The molecule has 21 heavy (non-hydrogen) atoms. The lowest BCUT2D eigenvalue weighted by atomic mass is 10.1. The van der Waals surface area contributed by atoms with Crippen LogP contribution < -0.4 is 21.3 Å². The number of rotatable bonds is 4. The van der Waals surface area contributed by atoms with Crippen molar-refractivity contribution in [1.29, 1.82) is 5.26 Å². The van der Waals surface area contributed by atoms with E-state index in [1.165, 1.54) is 13.2 Å². The molecule has 0 unspecified atom stereocenters. The van der Waals surface area contributed by atoms with Crippen LogP contribution in [0.4, 0.5) is 26.1 Å². The number of halogens is 2. The highest BCUT2D eigenvalue weighted by Crippen LogP contribution is 2.31. The van der Waals surface area contributed by atoms with Crippen molar-refractivity contribution in [1.82, 2.24) is 4.98 Å². The van der Waals surface area contributed by atoms with Gasteiger partial charge >= 0.3 is 0 Å². The van der Waals surface area contributed by atoms with E-state index in [0.717, 1.165) is 0 Å². The van der Waals surface area contributed by atoms with Gasteiger partial charge in [0.25, 0.3) is 0 Å². The van der Waals surface area contributed by atoms with E-state index in [1.807, 2.05) is 11.5 Å². The molecule has 6 nitrogen and oxygen atoms in total. The first-order valence-electron chi connectivity index (χ1n) is 5.77. The first kappa shape index (κ1) is 14.5. The number of hydrogen-bond donors (Lipinski definition) is 3. The maximum atomic E-state index is 13.8. The van der Waals surface area contributed by atoms with Gasteiger partial charge < -0.3 is 15.5 Å². The monoisotopic (exact) mass is 291 g/mol. The number of methoxy groups -OCH3 is 1. The normalized spacial score (nSPS) is 9.86. The average molecular weight is 291 g/mol. The van der Waals surface area contributed by atoms with E-state index >= 15 is 0 Å². The molecule has 0 saturated heterocycles. The topological polar surface area (TPSA) is 96.0 Å². The summed E-state index contributed by atoms with van der Waals surface area (Å²) in [6, 6.07) is 7.30. The molecule has 2 rings (SSSR count). The van der Waals surface area contributed by atoms with Crippen molar-refractivity contribution in [3.05, 3.63) is 41.5 Å². The third-order valence-electron chi connectivity index (χ3n) is 2.68. The van der Waals surface area contributed by atoms with Gasteiger partial charge in [-0.05, 0) is 12.1 Å². The number of nitrogens with zero attached hydrogens (tertiary/aromatic N) is 2. The summed E-state index contributed by atoms with van der Waals surface area (Å²) in [5.41, 5.74) is 2.47. The summed E-state index contributed by atoms with van der Waals surface area (Å²) in [4.78, 5) is 3.67. The van der Waals surface area contributed by atoms with Crippen molar-refractivity contribution in [2.24, 2.45) is 5.84 Å². The van der Waals surface area contributed by atoms with E-state index in [1.54, 1.807) is 12.1 Å². The van der Waals surface area contributed by atoms with Crippen molar-refractivity contribution < 1.29 is 13.5 Å². The summed E-state index contributed by atoms with van der Waals surface area (Å²) in [6.45, 7) is 0. The number of benzene rings is 1. The van der Waals surface area contributed by atoms with Crippen molar-refractivity contribution in [3.8, 4) is 11.8 Å². The standard InChI is InChI=1S/C13H11F2N5O/c1-21-10-4-2-3-7(6-16)11(10)18-12-8(14)5-9(15)13(19-12)20-17/h2-5H,17H2,1H3,(H2,18,19,20). The Morgan fingerprint density at radius 3 is 2.62 bits per heavy atom. The number of hydrazine groups is 1. The van der Waals surface area contributed by atoms with Crippen molar-refractivity contribution in [3.63, 3.8) is 0 Å². The highest BCUT2D eigenvalue weighted by molar-refractivity contribution is 5.72. The van der Waals surface area contributed by atoms with Gasteiger partial charge in [0.05, 0.1) is 12.7 Å². The van der Waals surface area contributed by atoms with Crippen molar-refractivity contribution in [2.45, 2.75) is 0 Å². The Labute approximate surface area is 119 Å². The van der Waals surface area contributed by atoms with Gasteiger partial charge in [-0.15, -0.1) is 0 Å². The van der Waals surface area contributed by atoms with Crippen molar-refractivity contribution >= 4 is 17.3 Å². The summed E-state index contributed by atoms with van der Waals surface area (Å²) in [7, 11) is 1.41. The summed E-state index contributed by atoms with van der Waals surface area (Å²) < 4.78 is 32.2. The molecule has 0 spiro atoms. The fraction of sp³-hybridized carbons (Fsp3) is 0.0769. The maximum Gasteiger partial charge on any atom is 0.178 e. The molecule has 0 aliphatic rings. The number of nitrogens with one attached hydrogen (secondary N) is 2. The molecule has 0 amide bonds. The van der Waals surface area contributed by atoms with E-state index in [-0.39, 0.29) is 22.9 Å². The minimum atomic E-state index is -0.930. The van der Waals surface area contributed by atoms with E-state index < -0.39 is 11.6 Å². The molecule has 0 bridgehead atoms. The van der Waals surface area contributed by atoms with E-state index in [9.17, 15) is 8.78 Å². The number of nitrogens with two attached hydrogens (primary N) is 1. The van der Waals surface area contributed by atoms with Gasteiger partial charge in [0.2, 0.25) is 0 Å². The molecule has 0 fully saturated rings. The second-order valence-corrected chi connectivity index (χ2v) is 3.91. The Morgan fingerprint density at radius 2 is 2.00 bits per heavy atom. The van der Waals surface area contributed by atoms with Crippen LogP contribution in [-0.4, -0.2) is 12.1 Å². The lowest BCUT2D eigenvalue weighted by molar-refractivity contribution is 0.416. The Morgan fingerprint density at radius 1 is 1.29 bits per heavy atom. The average Bonchev–Trinajstić information content (AvgIpc) is 2.49. The van der Waals surface area contributed by atoms with Gasteiger partial charge in [0.1, 0.15) is 17.5 Å². The number of ether oxygens (including phenoxy) is 1. The van der Waals surface area contributed by atoms with Crippen LogP contribution in [0.15, 0.2) is 24.3 Å². The predicted molar refractivity (Wildman–Crippen MR) is 73.0 cm³/mol. The Balaban J connectivity index is 2.50. The van der Waals surface area contributed by atoms with Gasteiger partial charge in [0.15, 0.2) is 23.3 Å². The van der Waals surface area contributed by atoms with Crippen LogP contribution in [0, 0.1) is 23.0 Å². The summed E-state index contributed by atoms with van der Waals surface area (Å²) in [5, 5.41) is 11.7. The summed E-state index contributed by atoms with van der Waals surface area (Å²) in [5.74, 6) is 2.94. The molecule has 1 aromatic carbocycles. The maximum absolute atomic E-state index is 13.8. The molecule has 2 aromatic rings. The lowest BCUT2D eigenvalue weighted by Gasteiger charge is -2.13. The number of para-hydroxylation sites is 1. The number of nitrogen functional groups attached to an aromatic ring is 1. The molecule has 0 saturated carbocycles. The third kappa shape index (κ3) is 2.82. The molecular formula is C13H11F2N5O. The minimum Gasteiger partial charge on any atom is -0.495 e. The Hall–Kier alpha value is -2.92. The molecule has 8 heteroatoms. The molecule has 0 aliphatic heterocycles. The van der Waals surface area contributed by atoms with Crippen molar-refractivity contribution in [2.75, 3.05) is 17.9 Å². The van der Waals surface area contributed by atoms with Crippen LogP contribution in [0.3, 0.4) is 0 Å². The SMILES string of the molecule is COc1cccc(C#N)c1Nc1nc(NN)c(F)cc1F. The molecule has 1 aromatic heterocycles. The number of hydrogen-bond acceptors (Lipinski definition) is 6. The zero-order valence-corrected chi connectivity index (χ0v) is 10.9. The summed E-state index contributed by atoms with van der Waals surface area (Å²) >= 11 is 0. The summed E-state index contributed by atoms with van der Waals surface area (Å²) in [6.07, 6.45) is 0. The molecule has 1 heterocycles. The molecule has 108 valence electrons. The smallest absolute Gasteiger partial charge is 0.178 e. The highest BCUT2D eigenvalue weighted by atomic mass is 19.1. The second kappa shape index (κ2) is 6.02. The molecule has 0 aliphatic carbocycles. The van der Waals surface area contributed by atoms with Gasteiger partial charge in [-0.1, -0.05) is 6.07 Å². The number of pyridine rings is 1. The van der Waals surface area contributed by atoms with Crippen LogP contribution in [0.5, 0.6) is 5.75 Å². The fourth-order valence-corrected chi connectivity index (χ4v) is 1.70. The highest BCUT2D eigenvalue weighted by Gasteiger charge is 2.15. The second-order valence-electron chi connectivity index (χ2n) is 3.91. The Kier molecular flexibility index (Phi) is 4.15. The van der Waals surface area contributed by atoms with Crippen LogP contribution in [0.1, 0.15) is 5.56 Å². The van der Waals surface area contributed by atoms with Crippen LogP contribution in [-0.2, 0) is 0 Å². The quantitative estimate of drug-likeness (QED) is 0.590. The van der Waals surface area contributed by atoms with Gasteiger partial charge in [-0.25, -0.2) is 19.6 Å². The zero-order valence-electron chi connectivity index (χ0n) is 10.9. The van der Waals surface area contributed by atoms with Gasteiger partial charge in [-0.3, -0.25) is 0 Å². The number of aromatic nitrogens is 1. The van der Waals surface area contributed by atoms with Gasteiger partial charge in [-0.2, -0.15) is 5.26 Å². The number of anilines is 3. The first-order valence-corrected chi connectivity index (χ1v) is 5.77. The molecule has 4 N–H and O–H groups in total. The number of nitriles is 1. The third-order valence-corrected chi connectivity index (χ3v) is 2.68. The predicted octanol–water partition coefficient (Wildman–Crippen LogP) is 2.27. The molecular weight excluding hydrogens is 280 g/mol. The van der Waals surface area contributed by atoms with E-state index in [4.69, 9.17) is 15.8 Å². The van der Waals surface area contributed by atoms with E-state index in [2.05, 4.69) is 10.3 Å². The molecule has 0 atom stereocenters.